The van der Waals surface area contributed by atoms with Crippen LogP contribution in [-0.4, -0.2) is 66.4 Å². The maximum atomic E-state index is 16.7. The average molecular weight is 525 g/mol. The number of aromatic nitrogens is 2. The summed E-state index contributed by atoms with van der Waals surface area (Å²) in [6, 6.07) is 15.9. The smallest absolute Gasteiger partial charge is 0.228 e. The van der Waals surface area contributed by atoms with E-state index in [1.54, 1.807) is 12.1 Å². The molecule has 200 valence electrons. The third-order valence-electron chi connectivity index (χ3n) is 9.39. The first kappa shape index (κ1) is 23.4. The number of halogens is 1. The Balaban J connectivity index is 1.30. The Hall–Kier alpha value is -3.49. The van der Waals surface area contributed by atoms with E-state index < -0.39 is 0 Å². The number of rotatable bonds is 3. The molecular weight excluding hydrogens is 491 g/mol. The van der Waals surface area contributed by atoms with Gasteiger partial charge < -0.3 is 25.5 Å². The Morgan fingerprint density at radius 3 is 2.49 bits per heavy atom. The summed E-state index contributed by atoms with van der Waals surface area (Å²) < 4.78 is 16.7. The van der Waals surface area contributed by atoms with Gasteiger partial charge in [0.05, 0.1) is 0 Å². The number of benzene rings is 3. The van der Waals surface area contributed by atoms with Crippen molar-refractivity contribution in [3.05, 3.63) is 54.3 Å². The average Bonchev–Trinajstić information content (AvgIpc) is 3.54. The van der Waals surface area contributed by atoms with Crippen molar-refractivity contribution in [2.45, 2.75) is 31.3 Å². The van der Waals surface area contributed by atoms with Crippen LogP contribution in [0.5, 0.6) is 5.75 Å². The van der Waals surface area contributed by atoms with E-state index in [2.05, 4.69) is 20.4 Å². The molecular formula is C31H33FN6O. The number of fused-ring (bicyclic) bond motifs is 5. The van der Waals surface area contributed by atoms with Gasteiger partial charge in [0, 0.05) is 49.2 Å². The molecule has 0 spiro atoms. The summed E-state index contributed by atoms with van der Waals surface area (Å²) in [6.07, 6.45) is 3.50. The van der Waals surface area contributed by atoms with Crippen molar-refractivity contribution in [1.82, 2.24) is 20.6 Å². The number of piperazine rings is 1. The summed E-state index contributed by atoms with van der Waals surface area (Å²) in [6.45, 7) is 5.64. The highest BCUT2D eigenvalue weighted by Gasteiger charge is 2.37. The molecule has 0 radical (unpaired) electrons. The lowest BCUT2D eigenvalue weighted by Gasteiger charge is -2.34. The lowest BCUT2D eigenvalue weighted by atomic mass is 9.90. The van der Waals surface area contributed by atoms with Gasteiger partial charge in [-0.2, -0.15) is 4.98 Å². The van der Waals surface area contributed by atoms with Gasteiger partial charge in [-0.25, -0.2) is 9.37 Å². The summed E-state index contributed by atoms with van der Waals surface area (Å²) in [7, 11) is 0. The molecule has 0 saturated carbocycles. The SMILES string of the molecule is Oc1cc(-c2ccc3c(N4CC5CCC(C4)N5)nc(N4CC5CCNCC5C4)nc3c2F)c2ccccc2c1. The fourth-order valence-corrected chi connectivity index (χ4v) is 7.45. The van der Waals surface area contributed by atoms with Gasteiger partial charge >= 0.3 is 0 Å². The number of piperidine rings is 1. The van der Waals surface area contributed by atoms with Crippen LogP contribution in [0.4, 0.5) is 16.2 Å². The van der Waals surface area contributed by atoms with Crippen molar-refractivity contribution < 1.29 is 9.50 Å². The Morgan fingerprint density at radius 1 is 0.821 bits per heavy atom. The fraction of sp³-hybridized carbons (Fsp3) is 0.419. The molecule has 3 N–H and O–H groups in total. The van der Waals surface area contributed by atoms with Crippen molar-refractivity contribution in [3.63, 3.8) is 0 Å². The summed E-state index contributed by atoms with van der Waals surface area (Å²) in [5, 5.41) is 20.2. The third-order valence-corrected chi connectivity index (χ3v) is 9.39. The number of phenols is 1. The van der Waals surface area contributed by atoms with E-state index in [1.165, 1.54) is 12.8 Å². The molecule has 3 aromatic carbocycles. The van der Waals surface area contributed by atoms with Crippen molar-refractivity contribution in [2.75, 3.05) is 49.1 Å². The molecule has 8 rings (SSSR count). The van der Waals surface area contributed by atoms with Gasteiger partial charge in [-0.15, -0.1) is 0 Å². The Morgan fingerprint density at radius 2 is 1.64 bits per heavy atom. The van der Waals surface area contributed by atoms with Gasteiger partial charge in [0.1, 0.15) is 17.1 Å². The summed E-state index contributed by atoms with van der Waals surface area (Å²) in [5.74, 6) is 2.44. The fourth-order valence-electron chi connectivity index (χ4n) is 7.45. The molecule has 4 unspecified atom stereocenters. The van der Waals surface area contributed by atoms with Gasteiger partial charge in [0.2, 0.25) is 5.95 Å². The lowest BCUT2D eigenvalue weighted by Crippen LogP contribution is -2.51. The predicted octanol–water partition coefficient (Wildman–Crippen LogP) is 4.28. The maximum Gasteiger partial charge on any atom is 0.228 e. The zero-order chi connectivity index (χ0) is 26.1. The Bertz CT molecular complexity index is 1570. The molecule has 1 aromatic heterocycles. The van der Waals surface area contributed by atoms with Gasteiger partial charge in [0.25, 0.3) is 0 Å². The zero-order valence-electron chi connectivity index (χ0n) is 21.9. The third kappa shape index (κ3) is 3.92. The first-order valence-electron chi connectivity index (χ1n) is 14.3. The summed E-state index contributed by atoms with van der Waals surface area (Å²) in [5.41, 5.74) is 1.48. The zero-order valence-corrected chi connectivity index (χ0v) is 21.9. The van der Waals surface area contributed by atoms with E-state index in [0.717, 1.165) is 67.7 Å². The molecule has 4 atom stereocenters. The number of hydrogen-bond acceptors (Lipinski definition) is 7. The molecule has 4 aliphatic rings. The maximum absolute atomic E-state index is 16.7. The number of aromatic hydroxyl groups is 1. The quantitative estimate of drug-likeness (QED) is 0.369. The van der Waals surface area contributed by atoms with E-state index in [9.17, 15) is 5.11 Å². The van der Waals surface area contributed by atoms with E-state index >= 15 is 4.39 Å². The highest BCUT2D eigenvalue weighted by atomic mass is 19.1. The molecule has 4 fully saturated rings. The van der Waals surface area contributed by atoms with E-state index in [4.69, 9.17) is 9.97 Å². The van der Waals surface area contributed by atoms with Crippen LogP contribution in [0.2, 0.25) is 0 Å². The van der Waals surface area contributed by atoms with Gasteiger partial charge in [-0.05, 0) is 78.7 Å². The first-order valence-corrected chi connectivity index (χ1v) is 14.3. The van der Waals surface area contributed by atoms with Gasteiger partial charge in [-0.3, -0.25) is 0 Å². The second-order valence-electron chi connectivity index (χ2n) is 11.8. The number of nitrogens with one attached hydrogen (secondary N) is 2. The van der Waals surface area contributed by atoms with Crippen LogP contribution in [0.25, 0.3) is 32.8 Å². The van der Waals surface area contributed by atoms with Crippen LogP contribution in [0.1, 0.15) is 19.3 Å². The monoisotopic (exact) mass is 524 g/mol. The standard InChI is InChI=1S/C31H33FN6O/c32-28-25(27-12-23(39)11-18-3-1-2-4-24(18)27)7-8-26-29(28)35-31(38-14-19-9-10-33-13-20(19)15-38)36-30(26)37-16-21-5-6-22(17-37)34-21/h1-4,7-8,11-12,19-22,33-34,39H,5-6,9-10,13-17H2. The molecule has 5 heterocycles. The normalized spacial score (nSPS) is 26.5. The Labute approximate surface area is 227 Å². The van der Waals surface area contributed by atoms with Crippen LogP contribution in [0, 0.1) is 17.7 Å². The first-order chi connectivity index (χ1) is 19.1. The minimum Gasteiger partial charge on any atom is -0.508 e. The number of anilines is 2. The molecule has 4 aromatic rings. The second kappa shape index (κ2) is 9.03. The van der Waals surface area contributed by atoms with Crippen molar-refractivity contribution in [2.24, 2.45) is 11.8 Å². The molecule has 39 heavy (non-hydrogen) atoms. The molecule has 8 heteroatoms. The van der Waals surface area contributed by atoms with Crippen LogP contribution >= 0.6 is 0 Å². The molecule has 4 saturated heterocycles. The van der Waals surface area contributed by atoms with Crippen LogP contribution < -0.4 is 20.4 Å². The minimum absolute atomic E-state index is 0.122. The van der Waals surface area contributed by atoms with Crippen molar-refractivity contribution in [3.8, 4) is 16.9 Å². The number of hydrogen-bond donors (Lipinski definition) is 3. The summed E-state index contributed by atoms with van der Waals surface area (Å²) in [4.78, 5) is 14.7. The molecule has 0 amide bonds. The van der Waals surface area contributed by atoms with E-state index in [-0.39, 0.29) is 11.6 Å². The minimum atomic E-state index is -0.357. The largest absolute Gasteiger partial charge is 0.508 e. The van der Waals surface area contributed by atoms with Crippen LogP contribution in [0.3, 0.4) is 0 Å². The van der Waals surface area contributed by atoms with Gasteiger partial charge in [-0.1, -0.05) is 30.3 Å². The number of phenolic OH excluding ortho intramolecular Hbond substituents is 1. The van der Waals surface area contributed by atoms with Crippen molar-refractivity contribution in [1.29, 1.82) is 0 Å². The highest BCUT2D eigenvalue weighted by molar-refractivity contribution is 6.01. The molecule has 7 nitrogen and oxygen atoms in total. The predicted molar refractivity (Wildman–Crippen MR) is 153 cm³/mol. The van der Waals surface area contributed by atoms with E-state index in [1.807, 2.05) is 36.4 Å². The molecule has 2 bridgehead atoms. The summed E-state index contributed by atoms with van der Waals surface area (Å²) >= 11 is 0. The second-order valence-corrected chi connectivity index (χ2v) is 11.8. The van der Waals surface area contributed by atoms with Crippen LogP contribution in [-0.2, 0) is 0 Å². The topological polar surface area (TPSA) is 76.6 Å². The molecule has 0 aliphatic carbocycles. The number of nitrogens with zero attached hydrogens (tertiary/aromatic N) is 4. The van der Waals surface area contributed by atoms with Crippen LogP contribution in [0.15, 0.2) is 48.5 Å². The highest BCUT2D eigenvalue weighted by Crippen LogP contribution is 2.40. The lowest BCUT2D eigenvalue weighted by molar-refractivity contribution is 0.318. The Kier molecular flexibility index (Phi) is 5.42. The van der Waals surface area contributed by atoms with E-state index in [0.29, 0.717) is 46.5 Å². The molecule has 4 aliphatic heterocycles. The van der Waals surface area contributed by atoms with Crippen molar-refractivity contribution >= 4 is 33.4 Å². The van der Waals surface area contributed by atoms with Gasteiger partial charge in [0.15, 0.2) is 5.82 Å².